The molecule has 0 bridgehead atoms. The zero-order valence-corrected chi connectivity index (χ0v) is 7.92. The summed E-state index contributed by atoms with van der Waals surface area (Å²) in [6, 6.07) is 2.12. The summed E-state index contributed by atoms with van der Waals surface area (Å²) < 4.78 is 58.5. The number of benzene rings is 1. The Bertz CT molecular complexity index is 486. The predicted octanol–water partition coefficient (Wildman–Crippen LogP) is 2.39. The highest BCUT2D eigenvalue weighted by atomic mass is 19.3. The monoisotopic (exact) mass is 252 g/mol. The second-order valence-electron chi connectivity index (χ2n) is 3.20. The Kier molecular flexibility index (Phi) is 2.28. The van der Waals surface area contributed by atoms with Crippen LogP contribution < -0.4 is 4.74 Å². The molecule has 1 aliphatic heterocycles. The van der Waals surface area contributed by atoms with Crippen LogP contribution in [0.25, 0.3) is 0 Å². The number of carboxylic acids is 1. The third-order valence-corrected chi connectivity index (χ3v) is 2.02. The zero-order valence-electron chi connectivity index (χ0n) is 7.92. The van der Waals surface area contributed by atoms with Crippen LogP contribution in [0.15, 0.2) is 18.2 Å². The maximum Gasteiger partial charge on any atom is 0.540 e. The molecule has 0 saturated carbocycles. The third kappa shape index (κ3) is 2.03. The van der Waals surface area contributed by atoms with Gasteiger partial charge < -0.3 is 9.84 Å². The SMILES string of the molecule is O=C(O)c1ccc2c(c1)C(F)(F)OC(F)(F)O2. The van der Waals surface area contributed by atoms with Gasteiger partial charge in [-0.1, -0.05) is 0 Å². The summed E-state index contributed by atoms with van der Waals surface area (Å²) in [5.74, 6) is -2.29. The van der Waals surface area contributed by atoms with Gasteiger partial charge in [0, 0.05) is 0 Å². The van der Waals surface area contributed by atoms with E-state index >= 15 is 0 Å². The standard InChI is InChI=1S/C9H4F4O4/c10-8(11)5-3-4(7(14)15)1-2-6(5)16-9(12,13)17-8/h1-3H,(H,14,15). The van der Waals surface area contributed by atoms with E-state index in [2.05, 4.69) is 9.47 Å². The van der Waals surface area contributed by atoms with E-state index in [1.807, 2.05) is 0 Å². The molecule has 2 rings (SSSR count). The first-order valence-corrected chi connectivity index (χ1v) is 4.24. The molecule has 1 N–H and O–H groups in total. The number of aromatic carboxylic acids is 1. The van der Waals surface area contributed by atoms with E-state index in [-0.39, 0.29) is 0 Å². The van der Waals surface area contributed by atoms with Gasteiger partial charge in [-0.3, -0.25) is 0 Å². The molecule has 1 aliphatic rings. The molecule has 0 atom stereocenters. The van der Waals surface area contributed by atoms with Crippen molar-refractivity contribution in [3.8, 4) is 5.75 Å². The molecule has 0 aliphatic carbocycles. The maximum absolute atomic E-state index is 13.2. The fraction of sp³-hybridized carbons (Fsp3) is 0.222. The summed E-state index contributed by atoms with van der Waals surface area (Å²) in [4.78, 5) is 10.6. The number of rotatable bonds is 1. The molecular weight excluding hydrogens is 248 g/mol. The number of carboxylic acid groups (broad SMARTS) is 1. The molecular formula is C9H4F4O4. The molecule has 0 fully saturated rings. The highest BCUT2D eigenvalue weighted by molar-refractivity contribution is 5.88. The topological polar surface area (TPSA) is 55.8 Å². The van der Waals surface area contributed by atoms with Crippen LogP contribution in [0.2, 0.25) is 0 Å². The van der Waals surface area contributed by atoms with Gasteiger partial charge in [0.15, 0.2) is 0 Å². The number of hydrogen-bond donors (Lipinski definition) is 1. The Morgan fingerprint density at radius 1 is 1.24 bits per heavy atom. The average Bonchev–Trinajstić information content (AvgIpc) is 2.13. The van der Waals surface area contributed by atoms with Crippen LogP contribution in [0.3, 0.4) is 0 Å². The van der Waals surface area contributed by atoms with Crippen LogP contribution in [0.5, 0.6) is 5.75 Å². The van der Waals surface area contributed by atoms with Crippen molar-refractivity contribution in [1.82, 2.24) is 0 Å². The van der Waals surface area contributed by atoms with Gasteiger partial charge in [-0.15, -0.1) is 8.78 Å². The van der Waals surface area contributed by atoms with Crippen LogP contribution in [0.4, 0.5) is 17.6 Å². The van der Waals surface area contributed by atoms with Gasteiger partial charge >= 0.3 is 18.4 Å². The number of fused-ring (bicyclic) bond motifs is 1. The maximum atomic E-state index is 13.2. The Balaban J connectivity index is 2.55. The van der Waals surface area contributed by atoms with Gasteiger partial charge in [0.1, 0.15) is 5.75 Å². The van der Waals surface area contributed by atoms with Crippen molar-refractivity contribution in [3.05, 3.63) is 29.3 Å². The van der Waals surface area contributed by atoms with Gasteiger partial charge in [0.25, 0.3) is 0 Å². The second-order valence-corrected chi connectivity index (χ2v) is 3.20. The minimum atomic E-state index is -4.46. The first-order chi connectivity index (χ1) is 7.71. The molecule has 1 aromatic carbocycles. The van der Waals surface area contributed by atoms with Crippen LogP contribution in [-0.4, -0.2) is 17.4 Å². The minimum Gasteiger partial charge on any atom is -0.478 e. The van der Waals surface area contributed by atoms with E-state index in [9.17, 15) is 22.4 Å². The van der Waals surface area contributed by atoms with Crippen molar-refractivity contribution in [2.45, 2.75) is 12.4 Å². The van der Waals surface area contributed by atoms with E-state index in [1.54, 1.807) is 0 Å². The zero-order chi connectivity index (χ0) is 12.8. The minimum absolute atomic E-state index is 0.485. The van der Waals surface area contributed by atoms with Crippen molar-refractivity contribution >= 4 is 5.97 Å². The summed E-state index contributed by atoms with van der Waals surface area (Å²) in [7, 11) is 0. The first kappa shape index (κ1) is 11.6. The predicted molar refractivity (Wildman–Crippen MR) is 44.0 cm³/mol. The third-order valence-electron chi connectivity index (χ3n) is 2.02. The van der Waals surface area contributed by atoms with Crippen molar-refractivity contribution < 1.29 is 36.9 Å². The molecule has 8 heteroatoms. The highest BCUT2D eigenvalue weighted by Gasteiger charge is 2.54. The van der Waals surface area contributed by atoms with Crippen molar-refractivity contribution in [2.75, 3.05) is 0 Å². The number of halogens is 4. The molecule has 1 heterocycles. The first-order valence-electron chi connectivity index (χ1n) is 4.24. The van der Waals surface area contributed by atoms with Gasteiger partial charge in [0.2, 0.25) is 0 Å². The van der Waals surface area contributed by atoms with E-state index in [1.165, 1.54) is 0 Å². The fourth-order valence-electron chi connectivity index (χ4n) is 1.33. The number of hydrogen-bond acceptors (Lipinski definition) is 3. The lowest BCUT2D eigenvalue weighted by Gasteiger charge is -2.30. The van der Waals surface area contributed by atoms with E-state index in [4.69, 9.17) is 5.11 Å². The Hall–Kier alpha value is -1.83. The number of ether oxygens (including phenoxy) is 2. The summed E-state index contributed by atoms with van der Waals surface area (Å²) in [6.07, 6.45) is -8.77. The van der Waals surface area contributed by atoms with Crippen LogP contribution in [0, 0.1) is 0 Å². The Labute approximate surface area is 91.4 Å². The van der Waals surface area contributed by atoms with Crippen LogP contribution >= 0.6 is 0 Å². The smallest absolute Gasteiger partial charge is 0.478 e. The molecule has 0 aromatic heterocycles. The molecule has 0 spiro atoms. The number of carbonyl (C=O) groups is 1. The summed E-state index contributed by atoms with van der Waals surface area (Å²) in [5, 5.41) is 8.58. The molecule has 92 valence electrons. The molecule has 0 unspecified atom stereocenters. The van der Waals surface area contributed by atoms with Crippen LogP contribution in [0.1, 0.15) is 15.9 Å². The molecule has 4 nitrogen and oxygen atoms in total. The Morgan fingerprint density at radius 3 is 2.47 bits per heavy atom. The molecule has 17 heavy (non-hydrogen) atoms. The van der Waals surface area contributed by atoms with Gasteiger partial charge in [-0.05, 0) is 18.2 Å². The molecule has 0 saturated heterocycles. The van der Waals surface area contributed by atoms with Gasteiger partial charge in [-0.2, -0.15) is 8.78 Å². The van der Waals surface area contributed by atoms with Crippen LogP contribution in [-0.2, 0) is 10.8 Å². The second kappa shape index (κ2) is 3.33. The van der Waals surface area contributed by atoms with Crippen molar-refractivity contribution in [3.63, 3.8) is 0 Å². The molecule has 1 aromatic rings. The summed E-state index contributed by atoms with van der Waals surface area (Å²) >= 11 is 0. The lowest BCUT2D eigenvalue weighted by Crippen LogP contribution is -2.41. The van der Waals surface area contributed by atoms with Gasteiger partial charge in [-0.25, -0.2) is 9.53 Å². The Morgan fingerprint density at radius 2 is 1.88 bits per heavy atom. The highest BCUT2D eigenvalue weighted by Crippen LogP contribution is 2.46. The van der Waals surface area contributed by atoms with E-state index in [0.29, 0.717) is 6.07 Å². The average molecular weight is 252 g/mol. The van der Waals surface area contributed by atoms with Crippen molar-refractivity contribution in [1.29, 1.82) is 0 Å². The number of alkyl halides is 4. The lowest BCUT2D eigenvalue weighted by molar-refractivity contribution is -0.461. The summed E-state index contributed by atoms with van der Waals surface area (Å²) in [5.41, 5.74) is -1.54. The lowest BCUT2D eigenvalue weighted by atomic mass is 10.1. The van der Waals surface area contributed by atoms with Crippen molar-refractivity contribution in [2.24, 2.45) is 0 Å². The molecule has 0 amide bonds. The fourth-order valence-corrected chi connectivity index (χ4v) is 1.33. The quantitative estimate of drug-likeness (QED) is 0.779. The van der Waals surface area contributed by atoms with Gasteiger partial charge in [0.05, 0.1) is 11.1 Å². The van der Waals surface area contributed by atoms with E-state index in [0.717, 1.165) is 12.1 Å². The normalized spacial score (nSPS) is 20.2. The summed E-state index contributed by atoms with van der Waals surface area (Å²) in [6.45, 7) is 0. The largest absolute Gasteiger partial charge is 0.540 e. The molecule has 0 radical (unpaired) electrons. The van der Waals surface area contributed by atoms with E-state index < -0.39 is 35.2 Å².